The highest BCUT2D eigenvalue weighted by atomic mass is 32.2. The van der Waals surface area contributed by atoms with Crippen molar-refractivity contribution in [3.8, 4) is 0 Å². The summed E-state index contributed by atoms with van der Waals surface area (Å²) < 4.78 is 0.688. The molecule has 132 valence electrons. The minimum absolute atomic E-state index is 0.0482. The van der Waals surface area contributed by atoms with E-state index in [2.05, 4.69) is 22.1 Å². The first-order chi connectivity index (χ1) is 11.9. The summed E-state index contributed by atoms with van der Waals surface area (Å²) in [4.78, 5) is 37.1. The van der Waals surface area contributed by atoms with E-state index < -0.39 is 23.3 Å². The van der Waals surface area contributed by atoms with Gasteiger partial charge in [-0.05, 0) is 12.5 Å². The Morgan fingerprint density at radius 3 is 2.88 bits per heavy atom. The molecule has 0 unspecified atom stereocenters. The summed E-state index contributed by atoms with van der Waals surface area (Å²) in [6, 6.07) is -0.713. The van der Waals surface area contributed by atoms with Crippen LogP contribution in [0.4, 0.5) is 0 Å². The van der Waals surface area contributed by atoms with Crippen LogP contribution < -0.4 is 5.32 Å². The van der Waals surface area contributed by atoms with E-state index in [1.807, 2.05) is 6.92 Å². The van der Waals surface area contributed by atoms with Crippen LogP contribution in [0.2, 0.25) is 0 Å². The van der Waals surface area contributed by atoms with Gasteiger partial charge in [0.2, 0.25) is 5.91 Å². The van der Waals surface area contributed by atoms with Gasteiger partial charge in [-0.25, -0.2) is 4.79 Å². The molecule has 2 amide bonds. The van der Waals surface area contributed by atoms with Crippen molar-refractivity contribution in [2.45, 2.75) is 22.7 Å². The van der Waals surface area contributed by atoms with Gasteiger partial charge in [-0.15, -0.1) is 22.0 Å². The molecule has 0 bridgehead atoms. The van der Waals surface area contributed by atoms with Gasteiger partial charge in [0.1, 0.15) is 22.1 Å². The van der Waals surface area contributed by atoms with Crippen molar-refractivity contribution in [2.24, 2.45) is 0 Å². The number of carboxylic acid groups (broad SMARTS) is 1. The highest BCUT2D eigenvalue weighted by Gasteiger charge is 2.53. The van der Waals surface area contributed by atoms with Crippen molar-refractivity contribution in [3.05, 3.63) is 28.9 Å². The largest absolute Gasteiger partial charge is 0.477 e. The van der Waals surface area contributed by atoms with Crippen LogP contribution in [0.5, 0.6) is 0 Å². The number of thioether (sulfide) groups is 2. The lowest BCUT2D eigenvalue weighted by atomic mass is 10.0. The van der Waals surface area contributed by atoms with Gasteiger partial charge in [0.15, 0.2) is 4.34 Å². The lowest BCUT2D eigenvalue weighted by Crippen LogP contribution is -2.70. The number of hydrogen-bond donors (Lipinski definition) is 2. The maximum atomic E-state index is 12.3. The highest BCUT2D eigenvalue weighted by Crippen LogP contribution is 2.40. The van der Waals surface area contributed by atoms with Gasteiger partial charge in [0.25, 0.3) is 5.91 Å². The molecular formula is C14H14N4O4S3. The van der Waals surface area contributed by atoms with Crippen LogP contribution in [0.25, 0.3) is 0 Å². The standard InChI is InChI=1S/C14H14N4O4S3/c1-3-7-4-23-12-9(11(20)18(12)10(7)13(21)22)15-8(19)5-24-14-17-16-6(2)25-14/h3,9,12H,1,4-5H2,2H3,(H,15,19)(H,21,22)/t9-,12-/m1/s1. The topological polar surface area (TPSA) is 112 Å². The average molecular weight is 398 g/mol. The first-order valence-corrected chi connectivity index (χ1v) is 10.0. The van der Waals surface area contributed by atoms with Gasteiger partial charge in [-0.3, -0.25) is 14.5 Å². The predicted molar refractivity (Wildman–Crippen MR) is 95.3 cm³/mol. The summed E-state index contributed by atoms with van der Waals surface area (Å²) in [5.41, 5.74) is 0.460. The molecule has 8 nitrogen and oxygen atoms in total. The second-order valence-electron chi connectivity index (χ2n) is 5.21. The second kappa shape index (κ2) is 7.18. The lowest BCUT2D eigenvalue weighted by molar-refractivity contribution is -0.150. The number of β-lactam (4-membered cyclic amide) rings is 1. The Morgan fingerprint density at radius 1 is 1.52 bits per heavy atom. The van der Waals surface area contributed by atoms with Gasteiger partial charge in [-0.2, -0.15) is 0 Å². The van der Waals surface area contributed by atoms with Crippen LogP contribution >= 0.6 is 34.9 Å². The van der Waals surface area contributed by atoms with Crippen molar-refractivity contribution < 1.29 is 19.5 Å². The third-order valence-corrected chi connectivity index (χ3v) is 6.87. The summed E-state index contributed by atoms with van der Waals surface area (Å²) >= 11 is 4.05. The fraction of sp³-hybridized carbons (Fsp3) is 0.357. The third kappa shape index (κ3) is 3.44. The Kier molecular flexibility index (Phi) is 5.16. The summed E-state index contributed by atoms with van der Waals surface area (Å²) in [7, 11) is 0. The number of carbonyl (C=O) groups is 3. The Morgan fingerprint density at radius 2 is 2.28 bits per heavy atom. The van der Waals surface area contributed by atoms with Gasteiger partial charge in [0, 0.05) is 5.75 Å². The zero-order chi connectivity index (χ0) is 18.1. The van der Waals surface area contributed by atoms with Crippen LogP contribution in [0.15, 0.2) is 28.3 Å². The SMILES string of the molecule is C=CC1=C(C(=O)O)N2C(=O)[C@@H](NC(=O)CSc3nnc(C)s3)[C@H]2SC1. The number of nitrogens with one attached hydrogen (secondary N) is 1. The fourth-order valence-corrected chi connectivity index (χ4v) is 5.45. The van der Waals surface area contributed by atoms with Gasteiger partial charge in [0.05, 0.1) is 5.75 Å². The monoisotopic (exact) mass is 398 g/mol. The number of hydrogen-bond acceptors (Lipinski definition) is 8. The quantitative estimate of drug-likeness (QED) is 0.536. The normalized spacial score (nSPS) is 22.3. The molecule has 0 saturated carbocycles. The van der Waals surface area contributed by atoms with Crippen LogP contribution in [-0.2, 0) is 14.4 Å². The Labute approximate surface area is 155 Å². The number of carboxylic acids is 1. The number of carbonyl (C=O) groups excluding carboxylic acids is 2. The average Bonchev–Trinajstić information content (AvgIpc) is 3.01. The number of rotatable bonds is 6. The minimum Gasteiger partial charge on any atom is -0.477 e. The first kappa shape index (κ1) is 18.0. The number of amides is 2. The Bertz CT molecular complexity index is 791. The molecule has 0 aromatic carbocycles. The van der Waals surface area contributed by atoms with Gasteiger partial charge >= 0.3 is 5.97 Å². The zero-order valence-corrected chi connectivity index (χ0v) is 15.5. The molecule has 0 radical (unpaired) electrons. The molecule has 2 N–H and O–H groups in total. The molecule has 1 aromatic heterocycles. The Hall–Kier alpha value is -1.85. The van der Waals surface area contributed by atoms with E-state index in [-0.39, 0.29) is 17.4 Å². The third-order valence-electron chi connectivity index (χ3n) is 3.60. The molecule has 1 fully saturated rings. The maximum absolute atomic E-state index is 12.3. The van der Waals surface area contributed by atoms with Gasteiger partial charge < -0.3 is 10.4 Å². The highest BCUT2D eigenvalue weighted by molar-refractivity contribution is 8.01. The lowest BCUT2D eigenvalue weighted by Gasteiger charge is -2.49. The van der Waals surface area contributed by atoms with E-state index in [1.54, 1.807) is 0 Å². The van der Waals surface area contributed by atoms with Crippen molar-refractivity contribution in [1.82, 2.24) is 20.4 Å². The summed E-state index contributed by atoms with van der Waals surface area (Å²) in [6.07, 6.45) is 1.45. The number of fused-ring (bicyclic) bond motifs is 1. The van der Waals surface area contributed by atoms with E-state index in [1.165, 1.54) is 45.8 Å². The maximum Gasteiger partial charge on any atom is 0.352 e. The van der Waals surface area contributed by atoms with E-state index in [0.717, 1.165) is 5.01 Å². The molecular weight excluding hydrogens is 384 g/mol. The van der Waals surface area contributed by atoms with Crippen molar-refractivity contribution >= 4 is 52.6 Å². The number of nitrogens with zero attached hydrogens (tertiary/aromatic N) is 3. The van der Waals surface area contributed by atoms with Gasteiger partial charge in [-0.1, -0.05) is 35.8 Å². The molecule has 3 rings (SSSR count). The zero-order valence-electron chi connectivity index (χ0n) is 13.1. The van der Waals surface area contributed by atoms with E-state index in [0.29, 0.717) is 15.7 Å². The van der Waals surface area contributed by atoms with E-state index in [9.17, 15) is 19.5 Å². The van der Waals surface area contributed by atoms with Crippen LogP contribution in [0.1, 0.15) is 5.01 Å². The van der Waals surface area contributed by atoms with E-state index in [4.69, 9.17) is 0 Å². The molecule has 1 saturated heterocycles. The molecule has 25 heavy (non-hydrogen) atoms. The fourth-order valence-electron chi connectivity index (χ4n) is 2.48. The van der Waals surface area contributed by atoms with Crippen LogP contribution in [0.3, 0.4) is 0 Å². The molecule has 2 aliphatic rings. The molecule has 1 aromatic rings. The summed E-state index contributed by atoms with van der Waals surface area (Å²) in [5.74, 6) is -1.33. The predicted octanol–water partition coefficient (Wildman–Crippen LogP) is 0.863. The smallest absolute Gasteiger partial charge is 0.352 e. The van der Waals surface area contributed by atoms with E-state index >= 15 is 0 Å². The number of allylic oxidation sites excluding steroid dienone is 1. The minimum atomic E-state index is -1.17. The molecule has 11 heteroatoms. The van der Waals surface area contributed by atoms with Crippen LogP contribution in [-0.4, -0.2) is 60.9 Å². The summed E-state index contributed by atoms with van der Waals surface area (Å²) in [6.45, 7) is 5.42. The molecule has 0 spiro atoms. The summed E-state index contributed by atoms with van der Waals surface area (Å²) in [5, 5.41) is 20.2. The number of aliphatic carboxylic acids is 1. The van der Waals surface area contributed by atoms with Crippen molar-refractivity contribution in [3.63, 3.8) is 0 Å². The molecule has 3 heterocycles. The molecule has 0 aliphatic carbocycles. The number of aryl methyl sites for hydroxylation is 1. The first-order valence-electron chi connectivity index (χ1n) is 7.18. The molecule has 2 aliphatic heterocycles. The van der Waals surface area contributed by atoms with Crippen molar-refractivity contribution in [2.75, 3.05) is 11.5 Å². The number of aromatic nitrogens is 2. The molecule has 2 atom stereocenters. The second-order valence-corrected chi connectivity index (χ2v) is 8.72. The Balaban J connectivity index is 1.61. The van der Waals surface area contributed by atoms with Crippen molar-refractivity contribution in [1.29, 1.82) is 0 Å². The van der Waals surface area contributed by atoms with Crippen LogP contribution in [0, 0.1) is 6.92 Å².